The molecule has 2 fully saturated rings. The molecule has 1 aromatic carbocycles. The Morgan fingerprint density at radius 1 is 1.07 bits per heavy atom. The highest BCUT2D eigenvalue weighted by atomic mass is 16.2. The van der Waals surface area contributed by atoms with Crippen molar-refractivity contribution in [2.24, 2.45) is 0 Å². The minimum Gasteiger partial charge on any atom is -0.326 e. The lowest BCUT2D eigenvalue weighted by Crippen LogP contribution is -2.55. The van der Waals surface area contributed by atoms with Crippen LogP contribution in [0.1, 0.15) is 37.7 Å². The zero-order chi connectivity index (χ0) is 19.1. The van der Waals surface area contributed by atoms with Crippen LogP contribution in [0.2, 0.25) is 0 Å². The zero-order valence-electron chi connectivity index (χ0n) is 16.6. The zero-order valence-corrected chi connectivity index (χ0v) is 16.6. The summed E-state index contributed by atoms with van der Waals surface area (Å²) in [5.41, 5.74) is 0.804. The molecule has 0 spiro atoms. The summed E-state index contributed by atoms with van der Waals surface area (Å²) >= 11 is 0. The summed E-state index contributed by atoms with van der Waals surface area (Å²) in [7, 11) is 1.83. The molecule has 1 saturated heterocycles. The van der Waals surface area contributed by atoms with Gasteiger partial charge >= 0.3 is 0 Å². The second kappa shape index (κ2) is 9.34. The highest BCUT2D eigenvalue weighted by Crippen LogP contribution is 2.32. The summed E-state index contributed by atoms with van der Waals surface area (Å²) in [6.07, 6.45) is 5.98. The summed E-state index contributed by atoms with van der Waals surface area (Å²) in [6, 6.07) is 13.1. The molecule has 5 heteroatoms. The van der Waals surface area contributed by atoms with Crippen molar-refractivity contribution in [1.82, 2.24) is 14.7 Å². The Morgan fingerprint density at radius 3 is 2.33 bits per heavy atom. The van der Waals surface area contributed by atoms with Crippen LogP contribution in [0.5, 0.6) is 0 Å². The Hall–Kier alpha value is -1.90. The van der Waals surface area contributed by atoms with Gasteiger partial charge in [-0.15, -0.1) is 0 Å². The second-order valence-corrected chi connectivity index (χ2v) is 8.01. The van der Waals surface area contributed by atoms with Crippen LogP contribution in [0.25, 0.3) is 0 Å². The Morgan fingerprint density at radius 2 is 1.70 bits per heavy atom. The number of likely N-dealkylation sites (N-methyl/N-ethyl adjacent to an activating group) is 1. The SMILES string of the molecule is CN(C(=O)CN1CCN(CCc2ccccc2)CC1)C1(C#N)CCCCC1. The van der Waals surface area contributed by atoms with E-state index in [0.29, 0.717) is 6.54 Å². The maximum Gasteiger partial charge on any atom is 0.237 e. The molecule has 0 aromatic heterocycles. The summed E-state index contributed by atoms with van der Waals surface area (Å²) in [5, 5.41) is 9.69. The van der Waals surface area contributed by atoms with E-state index in [4.69, 9.17) is 0 Å². The molecule has 0 bridgehead atoms. The van der Waals surface area contributed by atoms with Crippen molar-refractivity contribution in [3.8, 4) is 6.07 Å². The minimum absolute atomic E-state index is 0.0937. The molecule has 1 amide bonds. The van der Waals surface area contributed by atoms with Gasteiger partial charge in [-0.3, -0.25) is 9.69 Å². The van der Waals surface area contributed by atoms with Crippen molar-refractivity contribution in [1.29, 1.82) is 5.26 Å². The molecule has 1 aliphatic heterocycles. The number of rotatable bonds is 6. The van der Waals surface area contributed by atoms with Crippen LogP contribution in [0.3, 0.4) is 0 Å². The Kier molecular flexibility index (Phi) is 6.87. The summed E-state index contributed by atoms with van der Waals surface area (Å²) in [5.74, 6) is 0.0937. The summed E-state index contributed by atoms with van der Waals surface area (Å²) in [4.78, 5) is 19.3. The van der Waals surface area contributed by atoms with E-state index in [-0.39, 0.29) is 5.91 Å². The van der Waals surface area contributed by atoms with Crippen LogP contribution < -0.4 is 0 Å². The molecular weight excluding hydrogens is 336 g/mol. The number of piperazine rings is 1. The first-order valence-electron chi connectivity index (χ1n) is 10.3. The number of nitriles is 1. The van der Waals surface area contributed by atoms with Crippen LogP contribution in [0, 0.1) is 11.3 Å². The molecule has 146 valence electrons. The smallest absolute Gasteiger partial charge is 0.237 e. The fourth-order valence-corrected chi connectivity index (χ4v) is 4.30. The number of benzene rings is 1. The molecule has 0 radical (unpaired) electrons. The highest BCUT2D eigenvalue weighted by Gasteiger charge is 2.39. The van der Waals surface area contributed by atoms with Crippen LogP contribution >= 0.6 is 0 Å². The lowest BCUT2D eigenvalue weighted by molar-refractivity contribution is -0.136. The molecule has 5 nitrogen and oxygen atoms in total. The van der Waals surface area contributed by atoms with Crippen molar-refractivity contribution in [2.45, 2.75) is 44.1 Å². The van der Waals surface area contributed by atoms with Crippen molar-refractivity contribution in [3.05, 3.63) is 35.9 Å². The standard InChI is InChI=1S/C22H32N4O/c1-24(22(19-23)11-6-3-7-12-22)21(27)18-26-16-14-25(15-17-26)13-10-20-8-4-2-5-9-20/h2,4-5,8-9H,3,6-7,10-18H2,1H3. The van der Waals surface area contributed by atoms with E-state index >= 15 is 0 Å². The van der Waals surface area contributed by atoms with Crippen molar-refractivity contribution >= 4 is 5.91 Å². The topological polar surface area (TPSA) is 50.6 Å². The number of carbonyl (C=O) groups is 1. The molecule has 0 atom stereocenters. The van der Waals surface area contributed by atoms with Gasteiger partial charge in [-0.2, -0.15) is 5.26 Å². The highest BCUT2D eigenvalue weighted by molar-refractivity contribution is 5.79. The number of amides is 1. The van der Waals surface area contributed by atoms with Gasteiger partial charge < -0.3 is 9.80 Å². The lowest BCUT2D eigenvalue weighted by atomic mass is 9.81. The van der Waals surface area contributed by atoms with Gasteiger partial charge in [-0.25, -0.2) is 0 Å². The summed E-state index contributed by atoms with van der Waals surface area (Å²) in [6.45, 7) is 5.37. The minimum atomic E-state index is -0.577. The first-order chi connectivity index (χ1) is 13.1. The van der Waals surface area contributed by atoms with Crippen LogP contribution in [0.4, 0.5) is 0 Å². The van der Waals surface area contributed by atoms with Gasteiger partial charge in [0.15, 0.2) is 0 Å². The maximum atomic E-state index is 12.8. The van der Waals surface area contributed by atoms with Crippen molar-refractivity contribution in [3.63, 3.8) is 0 Å². The van der Waals surface area contributed by atoms with E-state index in [9.17, 15) is 10.1 Å². The van der Waals surface area contributed by atoms with Crippen LogP contribution in [-0.2, 0) is 11.2 Å². The number of carbonyl (C=O) groups excluding carboxylic acids is 1. The Balaban J connectivity index is 1.43. The third kappa shape index (κ3) is 5.09. The van der Waals surface area contributed by atoms with Gasteiger partial charge in [-0.1, -0.05) is 49.6 Å². The number of hydrogen-bond donors (Lipinski definition) is 0. The van der Waals surface area contributed by atoms with Gasteiger partial charge in [0, 0.05) is 39.8 Å². The molecule has 1 saturated carbocycles. The summed E-state index contributed by atoms with van der Waals surface area (Å²) < 4.78 is 0. The molecule has 1 aromatic rings. The lowest BCUT2D eigenvalue weighted by Gasteiger charge is -2.41. The Labute approximate surface area is 163 Å². The molecule has 3 rings (SSSR count). The molecule has 0 unspecified atom stereocenters. The first kappa shape index (κ1) is 19.9. The molecule has 0 N–H and O–H groups in total. The van der Waals surface area contributed by atoms with E-state index < -0.39 is 5.54 Å². The van der Waals surface area contributed by atoms with Gasteiger partial charge in [-0.05, 0) is 24.8 Å². The number of hydrogen-bond acceptors (Lipinski definition) is 4. The van der Waals surface area contributed by atoms with Gasteiger partial charge in [0.25, 0.3) is 0 Å². The second-order valence-electron chi connectivity index (χ2n) is 8.01. The number of nitrogens with zero attached hydrogens (tertiary/aromatic N) is 4. The fourth-order valence-electron chi connectivity index (χ4n) is 4.30. The van der Waals surface area contributed by atoms with Crippen LogP contribution in [-0.4, -0.2) is 72.5 Å². The van der Waals surface area contributed by atoms with Crippen molar-refractivity contribution in [2.75, 3.05) is 46.3 Å². The Bertz CT molecular complexity index is 640. The van der Waals surface area contributed by atoms with E-state index in [2.05, 4.69) is 46.2 Å². The van der Waals surface area contributed by atoms with Crippen molar-refractivity contribution < 1.29 is 4.79 Å². The third-order valence-corrected chi connectivity index (χ3v) is 6.29. The van der Waals surface area contributed by atoms with Gasteiger partial charge in [0.05, 0.1) is 12.6 Å². The normalized spacial score (nSPS) is 20.7. The molecule has 27 heavy (non-hydrogen) atoms. The average Bonchev–Trinajstić information content (AvgIpc) is 2.74. The fraction of sp³-hybridized carbons (Fsp3) is 0.636. The van der Waals surface area contributed by atoms with Gasteiger partial charge in [0.1, 0.15) is 5.54 Å². The quantitative estimate of drug-likeness (QED) is 0.774. The monoisotopic (exact) mass is 368 g/mol. The predicted molar refractivity (Wildman–Crippen MR) is 107 cm³/mol. The van der Waals surface area contributed by atoms with E-state index in [0.717, 1.165) is 64.8 Å². The first-order valence-corrected chi connectivity index (χ1v) is 10.3. The third-order valence-electron chi connectivity index (χ3n) is 6.29. The maximum absolute atomic E-state index is 12.8. The molecule has 1 heterocycles. The van der Waals surface area contributed by atoms with E-state index in [1.54, 1.807) is 4.90 Å². The molecule has 1 aliphatic carbocycles. The van der Waals surface area contributed by atoms with E-state index in [1.165, 1.54) is 12.0 Å². The molecule has 2 aliphatic rings. The van der Waals surface area contributed by atoms with E-state index in [1.807, 2.05) is 7.05 Å². The largest absolute Gasteiger partial charge is 0.326 e. The van der Waals surface area contributed by atoms with Gasteiger partial charge in [0.2, 0.25) is 5.91 Å². The molecular formula is C22H32N4O. The van der Waals surface area contributed by atoms with Crippen LogP contribution in [0.15, 0.2) is 30.3 Å². The average molecular weight is 369 g/mol. The predicted octanol–water partition coefficient (Wildman–Crippen LogP) is 2.53.